The van der Waals surface area contributed by atoms with Crippen molar-refractivity contribution in [2.75, 3.05) is 42.4 Å². The topological polar surface area (TPSA) is 126 Å². The lowest BCUT2D eigenvalue weighted by Gasteiger charge is -2.47. The number of aryl methyl sites for hydroxylation is 1. The van der Waals surface area contributed by atoms with Crippen LogP contribution >= 0.6 is 0 Å². The Hall–Kier alpha value is -4.20. The molecule has 0 aliphatic carbocycles. The standard InChI is InChI=1S/C25H26F3N7O4/c1-24(13-36)22(37)35-10-4-5-15-19(35)20(34(24)2)33-23(31-15)30-12-14-6-9-18(29-11-14)39-16-7-8-17(25(26,27)28)32-21(16)38-3/h6-9,11,36H,4-5,10,12-13H2,1-3H3,(H,30,31,33)/t24-/m0/s1. The van der Waals surface area contributed by atoms with E-state index in [1.54, 1.807) is 42.1 Å². The second-order valence-electron chi connectivity index (χ2n) is 9.38. The van der Waals surface area contributed by atoms with Crippen LogP contribution in [0.4, 0.5) is 30.6 Å². The molecule has 0 radical (unpaired) electrons. The summed E-state index contributed by atoms with van der Waals surface area (Å²) in [6.07, 6.45) is -1.61. The third-order valence-corrected chi connectivity index (χ3v) is 6.85. The first kappa shape index (κ1) is 26.4. The minimum absolute atomic E-state index is 0.00757. The molecule has 39 heavy (non-hydrogen) atoms. The van der Waals surface area contributed by atoms with Crippen LogP contribution in [-0.4, -0.2) is 63.8 Å². The molecule has 2 N–H and O–H groups in total. The van der Waals surface area contributed by atoms with Gasteiger partial charge in [0.1, 0.15) is 16.9 Å². The van der Waals surface area contributed by atoms with Crippen LogP contribution < -0.4 is 24.6 Å². The number of hydrogen-bond donors (Lipinski definition) is 2. The summed E-state index contributed by atoms with van der Waals surface area (Å²) < 4.78 is 49.3. The SMILES string of the molecule is COc1nc(C(F)(F)F)ccc1Oc1ccc(CNc2nc3c4c(n2)N(C)[C@@](C)(CO)C(=O)N4CCC3)cn1. The molecule has 0 saturated heterocycles. The number of carbonyl (C=O) groups excluding carboxylic acids is 1. The zero-order valence-electron chi connectivity index (χ0n) is 21.4. The van der Waals surface area contributed by atoms with Crippen LogP contribution in [-0.2, 0) is 23.9 Å². The summed E-state index contributed by atoms with van der Waals surface area (Å²) in [6, 6.07) is 5.23. The van der Waals surface area contributed by atoms with E-state index >= 15 is 0 Å². The van der Waals surface area contributed by atoms with Crippen molar-refractivity contribution in [2.45, 2.75) is 38.0 Å². The Morgan fingerprint density at radius 2 is 1.97 bits per heavy atom. The third kappa shape index (κ3) is 4.75. The predicted octanol–water partition coefficient (Wildman–Crippen LogP) is 3.18. The molecular weight excluding hydrogens is 519 g/mol. The minimum Gasteiger partial charge on any atom is -0.478 e. The number of anilines is 3. The molecular formula is C25H26F3N7O4. The highest BCUT2D eigenvalue weighted by Gasteiger charge is 2.48. The fraction of sp³-hybridized carbons (Fsp3) is 0.400. The average Bonchev–Trinajstić information content (AvgIpc) is 2.93. The molecule has 2 aliphatic heterocycles. The quantitative estimate of drug-likeness (QED) is 0.457. The van der Waals surface area contributed by atoms with Crippen LogP contribution in [0.5, 0.6) is 17.5 Å². The molecule has 3 aromatic rings. The molecule has 5 rings (SSSR count). The Bertz CT molecular complexity index is 1400. The molecule has 5 heterocycles. The molecule has 14 heteroatoms. The van der Waals surface area contributed by atoms with Gasteiger partial charge in [0, 0.05) is 32.4 Å². The summed E-state index contributed by atoms with van der Waals surface area (Å²) >= 11 is 0. The van der Waals surface area contributed by atoms with E-state index in [-0.39, 0.29) is 30.0 Å². The summed E-state index contributed by atoms with van der Waals surface area (Å²) in [7, 11) is 2.93. The normalized spacial score (nSPS) is 18.6. The zero-order chi connectivity index (χ0) is 27.9. The second kappa shape index (κ2) is 9.84. The maximum absolute atomic E-state index is 13.1. The fourth-order valence-corrected chi connectivity index (χ4v) is 4.49. The first-order valence-corrected chi connectivity index (χ1v) is 12.1. The highest BCUT2D eigenvalue weighted by Crippen LogP contribution is 2.43. The van der Waals surface area contributed by atoms with Gasteiger partial charge >= 0.3 is 6.18 Å². The number of carbonyl (C=O) groups is 1. The smallest absolute Gasteiger partial charge is 0.433 e. The molecule has 0 saturated carbocycles. The number of halogens is 3. The van der Waals surface area contributed by atoms with Gasteiger partial charge in [0.15, 0.2) is 11.6 Å². The fourth-order valence-electron chi connectivity index (χ4n) is 4.49. The van der Waals surface area contributed by atoms with E-state index in [1.165, 1.54) is 7.11 Å². The van der Waals surface area contributed by atoms with Gasteiger partial charge in [-0.1, -0.05) is 6.07 Å². The van der Waals surface area contributed by atoms with Gasteiger partial charge in [-0.15, -0.1) is 0 Å². The van der Waals surface area contributed by atoms with Gasteiger partial charge in [0.05, 0.1) is 19.4 Å². The number of pyridine rings is 2. The van der Waals surface area contributed by atoms with Crippen molar-refractivity contribution in [3.8, 4) is 17.5 Å². The van der Waals surface area contributed by atoms with E-state index < -0.39 is 17.4 Å². The molecule has 11 nitrogen and oxygen atoms in total. The van der Waals surface area contributed by atoms with Crippen molar-refractivity contribution >= 4 is 23.4 Å². The Balaban J connectivity index is 1.31. The minimum atomic E-state index is -4.61. The molecule has 0 aromatic carbocycles. The number of aliphatic hydroxyl groups is 1. The van der Waals surface area contributed by atoms with E-state index in [0.29, 0.717) is 37.0 Å². The highest BCUT2D eigenvalue weighted by molar-refractivity contribution is 6.08. The monoisotopic (exact) mass is 545 g/mol. The average molecular weight is 546 g/mol. The van der Waals surface area contributed by atoms with Gasteiger partial charge in [0.2, 0.25) is 11.8 Å². The van der Waals surface area contributed by atoms with Gasteiger partial charge in [-0.05, 0) is 37.5 Å². The van der Waals surface area contributed by atoms with Crippen molar-refractivity contribution in [3.05, 3.63) is 47.4 Å². The van der Waals surface area contributed by atoms with Crippen LogP contribution in [0.1, 0.15) is 30.3 Å². The van der Waals surface area contributed by atoms with Gasteiger partial charge in [0.25, 0.3) is 11.8 Å². The largest absolute Gasteiger partial charge is 0.478 e. The molecule has 3 aromatic heterocycles. The van der Waals surface area contributed by atoms with Crippen molar-refractivity contribution in [1.82, 2.24) is 19.9 Å². The number of likely N-dealkylation sites (N-methyl/N-ethyl adjacent to an activating group) is 1. The first-order chi connectivity index (χ1) is 18.5. The third-order valence-electron chi connectivity index (χ3n) is 6.85. The number of nitrogens with zero attached hydrogens (tertiary/aromatic N) is 6. The number of methoxy groups -OCH3 is 1. The maximum atomic E-state index is 13.1. The molecule has 1 amide bonds. The lowest BCUT2D eigenvalue weighted by atomic mass is 9.93. The molecule has 2 aliphatic rings. The number of alkyl halides is 3. The van der Waals surface area contributed by atoms with Crippen molar-refractivity contribution in [1.29, 1.82) is 0 Å². The Labute approximate surface area is 221 Å². The number of aliphatic hydroxyl groups excluding tert-OH is 1. The maximum Gasteiger partial charge on any atom is 0.433 e. The lowest BCUT2D eigenvalue weighted by Crippen LogP contribution is -2.64. The summed E-state index contributed by atoms with van der Waals surface area (Å²) in [4.78, 5) is 33.4. The highest BCUT2D eigenvalue weighted by atomic mass is 19.4. The number of ether oxygens (including phenoxy) is 2. The predicted molar refractivity (Wildman–Crippen MR) is 134 cm³/mol. The van der Waals surface area contributed by atoms with Crippen LogP contribution in [0.2, 0.25) is 0 Å². The molecule has 0 fully saturated rings. The Morgan fingerprint density at radius 1 is 1.18 bits per heavy atom. The van der Waals surface area contributed by atoms with Gasteiger partial charge in [-0.2, -0.15) is 18.2 Å². The first-order valence-electron chi connectivity index (χ1n) is 12.1. The van der Waals surface area contributed by atoms with E-state index in [0.717, 1.165) is 29.8 Å². The summed E-state index contributed by atoms with van der Waals surface area (Å²) in [6.45, 7) is 2.20. The van der Waals surface area contributed by atoms with Gasteiger partial charge in [-0.25, -0.2) is 15.0 Å². The van der Waals surface area contributed by atoms with E-state index in [2.05, 4.69) is 25.3 Å². The number of aromatic nitrogens is 4. The van der Waals surface area contributed by atoms with Crippen molar-refractivity contribution in [2.24, 2.45) is 0 Å². The molecule has 0 unspecified atom stereocenters. The van der Waals surface area contributed by atoms with Crippen LogP contribution in [0.3, 0.4) is 0 Å². The van der Waals surface area contributed by atoms with Crippen LogP contribution in [0.25, 0.3) is 0 Å². The zero-order valence-corrected chi connectivity index (χ0v) is 21.4. The number of amides is 1. The molecule has 206 valence electrons. The Morgan fingerprint density at radius 3 is 2.64 bits per heavy atom. The molecule has 0 bridgehead atoms. The number of hydrogen-bond acceptors (Lipinski definition) is 10. The van der Waals surface area contributed by atoms with E-state index in [1.807, 2.05) is 0 Å². The van der Waals surface area contributed by atoms with Gasteiger partial charge < -0.3 is 29.7 Å². The summed E-state index contributed by atoms with van der Waals surface area (Å²) in [5.74, 6) is 0.582. The van der Waals surface area contributed by atoms with Crippen LogP contribution in [0, 0.1) is 0 Å². The molecule has 0 spiro atoms. The lowest BCUT2D eigenvalue weighted by molar-refractivity contribution is -0.141. The van der Waals surface area contributed by atoms with Crippen molar-refractivity contribution < 1.29 is 32.5 Å². The Kier molecular flexibility index (Phi) is 6.66. The summed E-state index contributed by atoms with van der Waals surface area (Å²) in [5.41, 5.74) is -0.0130. The molecule has 1 atom stereocenters. The number of nitrogens with one attached hydrogen (secondary N) is 1. The van der Waals surface area contributed by atoms with Gasteiger partial charge in [-0.3, -0.25) is 4.79 Å². The van der Waals surface area contributed by atoms with E-state index in [9.17, 15) is 23.1 Å². The van der Waals surface area contributed by atoms with Crippen LogP contribution in [0.15, 0.2) is 30.5 Å². The van der Waals surface area contributed by atoms with Crippen molar-refractivity contribution in [3.63, 3.8) is 0 Å². The summed E-state index contributed by atoms with van der Waals surface area (Å²) in [5, 5.41) is 13.2. The van der Waals surface area contributed by atoms with E-state index in [4.69, 9.17) is 9.47 Å². The number of rotatable bonds is 7. The second-order valence-corrected chi connectivity index (χ2v) is 9.38.